The Morgan fingerprint density at radius 3 is 2.47 bits per heavy atom. The summed E-state index contributed by atoms with van der Waals surface area (Å²) in [6, 6.07) is 5.41. The second-order valence-corrected chi connectivity index (χ2v) is 4.83. The minimum absolute atomic E-state index is 0.0966. The Hall–Kier alpha value is -1.42. The highest BCUT2D eigenvalue weighted by Crippen LogP contribution is 2.18. The predicted octanol–water partition coefficient (Wildman–Crippen LogP) is 1.96. The minimum atomic E-state index is -0.359. The first-order valence-corrected chi connectivity index (χ1v) is 5.59. The summed E-state index contributed by atoms with van der Waals surface area (Å²) in [7, 11) is 0. The lowest BCUT2D eigenvalue weighted by molar-refractivity contribution is 0.0928. The van der Waals surface area contributed by atoms with Crippen molar-refractivity contribution in [2.75, 3.05) is 13.2 Å². The van der Waals surface area contributed by atoms with Crippen LogP contribution in [0, 0.1) is 11.2 Å². The lowest BCUT2D eigenvalue weighted by atomic mass is 9.89. The van der Waals surface area contributed by atoms with Gasteiger partial charge in [0, 0.05) is 18.7 Å². The highest BCUT2D eigenvalue weighted by atomic mass is 19.1. The third-order valence-electron chi connectivity index (χ3n) is 2.62. The van der Waals surface area contributed by atoms with Gasteiger partial charge < -0.3 is 10.4 Å². The Labute approximate surface area is 101 Å². The summed E-state index contributed by atoms with van der Waals surface area (Å²) in [5.74, 6) is -0.585. The number of hydrogen-bond donors (Lipinski definition) is 2. The molecule has 0 aliphatic carbocycles. The molecule has 3 nitrogen and oxygen atoms in total. The summed E-state index contributed by atoms with van der Waals surface area (Å²) in [6.07, 6.45) is 0.622. The summed E-state index contributed by atoms with van der Waals surface area (Å²) < 4.78 is 12.7. The van der Waals surface area contributed by atoms with Crippen LogP contribution < -0.4 is 5.32 Å². The molecular weight excluding hydrogens is 221 g/mol. The highest BCUT2D eigenvalue weighted by Gasteiger charge is 2.18. The van der Waals surface area contributed by atoms with Gasteiger partial charge in [0.2, 0.25) is 0 Å². The zero-order valence-electron chi connectivity index (χ0n) is 10.2. The standard InChI is InChI=1S/C13H18FNO2/c1-13(2,7-8-16)9-15-12(17)10-3-5-11(14)6-4-10/h3-6,16H,7-9H2,1-2H3,(H,15,17). The number of hydrogen-bond acceptors (Lipinski definition) is 2. The molecule has 0 aromatic heterocycles. The van der Waals surface area contributed by atoms with E-state index in [4.69, 9.17) is 5.11 Å². The van der Waals surface area contributed by atoms with Gasteiger partial charge in [0.15, 0.2) is 0 Å². The molecule has 1 rings (SSSR count). The monoisotopic (exact) mass is 239 g/mol. The van der Waals surface area contributed by atoms with E-state index in [0.717, 1.165) is 0 Å². The van der Waals surface area contributed by atoms with Crippen molar-refractivity contribution in [1.82, 2.24) is 5.32 Å². The molecule has 0 saturated heterocycles. The van der Waals surface area contributed by atoms with Gasteiger partial charge in [-0.05, 0) is 36.1 Å². The molecular formula is C13H18FNO2. The number of amides is 1. The number of halogens is 1. The molecule has 0 unspecified atom stereocenters. The molecule has 0 atom stereocenters. The maximum atomic E-state index is 12.7. The molecule has 2 N–H and O–H groups in total. The summed E-state index contributed by atoms with van der Waals surface area (Å²) in [4.78, 5) is 11.7. The van der Waals surface area contributed by atoms with Crippen LogP contribution in [-0.2, 0) is 0 Å². The summed E-state index contributed by atoms with van der Waals surface area (Å²) in [5.41, 5.74) is 0.288. The van der Waals surface area contributed by atoms with Gasteiger partial charge in [-0.2, -0.15) is 0 Å². The Kier molecular flexibility index (Phi) is 4.63. The van der Waals surface area contributed by atoms with Gasteiger partial charge in [0.05, 0.1) is 0 Å². The van der Waals surface area contributed by atoms with Crippen LogP contribution in [0.25, 0.3) is 0 Å². The van der Waals surface area contributed by atoms with Crippen molar-refractivity contribution in [2.24, 2.45) is 5.41 Å². The number of carbonyl (C=O) groups is 1. The van der Waals surface area contributed by atoms with Gasteiger partial charge in [-0.15, -0.1) is 0 Å². The molecule has 1 aromatic carbocycles. The molecule has 0 aliphatic heterocycles. The molecule has 0 fully saturated rings. The quantitative estimate of drug-likeness (QED) is 0.825. The zero-order valence-corrected chi connectivity index (χ0v) is 10.2. The fraction of sp³-hybridized carbons (Fsp3) is 0.462. The summed E-state index contributed by atoms with van der Waals surface area (Å²) in [5, 5.41) is 11.6. The first-order valence-electron chi connectivity index (χ1n) is 5.59. The number of aliphatic hydroxyl groups excluding tert-OH is 1. The van der Waals surface area contributed by atoms with Crippen molar-refractivity contribution in [2.45, 2.75) is 20.3 Å². The Morgan fingerprint density at radius 2 is 1.94 bits per heavy atom. The van der Waals surface area contributed by atoms with Crippen LogP contribution in [0.15, 0.2) is 24.3 Å². The van der Waals surface area contributed by atoms with Gasteiger partial charge in [-0.1, -0.05) is 13.8 Å². The van der Waals surface area contributed by atoms with E-state index in [1.807, 2.05) is 13.8 Å². The lowest BCUT2D eigenvalue weighted by Crippen LogP contribution is -2.34. The van der Waals surface area contributed by atoms with E-state index >= 15 is 0 Å². The van der Waals surface area contributed by atoms with E-state index in [1.54, 1.807) is 0 Å². The predicted molar refractivity (Wildman–Crippen MR) is 64.2 cm³/mol. The second kappa shape index (κ2) is 5.77. The normalized spacial score (nSPS) is 11.3. The molecule has 0 saturated carbocycles. The van der Waals surface area contributed by atoms with Gasteiger partial charge in [0.25, 0.3) is 5.91 Å². The molecule has 4 heteroatoms. The molecule has 0 bridgehead atoms. The van der Waals surface area contributed by atoms with Crippen LogP contribution in [0.5, 0.6) is 0 Å². The molecule has 0 spiro atoms. The average Bonchev–Trinajstić information content (AvgIpc) is 2.27. The smallest absolute Gasteiger partial charge is 0.251 e. The van der Waals surface area contributed by atoms with Gasteiger partial charge >= 0.3 is 0 Å². The SMILES string of the molecule is CC(C)(CCO)CNC(=O)c1ccc(F)cc1. The van der Waals surface area contributed by atoms with Crippen molar-refractivity contribution >= 4 is 5.91 Å². The fourth-order valence-electron chi connectivity index (χ4n) is 1.41. The first kappa shape index (κ1) is 13.6. The van der Waals surface area contributed by atoms with E-state index in [0.29, 0.717) is 18.5 Å². The fourth-order valence-corrected chi connectivity index (χ4v) is 1.41. The minimum Gasteiger partial charge on any atom is -0.396 e. The Bertz CT molecular complexity index is 374. The maximum absolute atomic E-state index is 12.7. The van der Waals surface area contributed by atoms with Gasteiger partial charge in [-0.3, -0.25) is 4.79 Å². The van der Waals surface area contributed by atoms with E-state index in [1.165, 1.54) is 24.3 Å². The molecule has 94 valence electrons. The molecule has 1 aromatic rings. The van der Waals surface area contributed by atoms with Crippen molar-refractivity contribution in [3.8, 4) is 0 Å². The van der Waals surface area contributed by atoms with Crippen LogP contribution in [0.3, 0.4) is 0 Å². The van der Waals surface area contributed by atoms with Gasteiger partial charge in [-0.25, -0.2) is 4.39 Å². The van der Waals surface area contributed by atoms with Crippen molar-refractivity contribution < 1.29 is 14.3 Å². The average molecular weight is 239 g/mol. The number of aliphatic hydroxyl groups is 1. The summed E-state index contributed by atoms with van der Waals surface area (Å²) in [6.45, 7) is 4.51. The number of benzene rings is 1. The maximum Gasteiger partial charge on any atom is 0.251 e. The van der Waals surface area contributed by atoms with Crippen molar-refractivity contribution in [3.63, 3.8) is 0 Å². The van der Waals surface area contributed by atoms with Gasteiger partial charge in [0.1, 0.15) is 5.82 Å². The van der Waals surface area contributed by atoms with Crippen LogP contribution in [0.4, 0.5) is 4.39 Å². The number of carbonyl (C=O) groups excluding carboxylic acids is 1. The van der Waals surface area contributed by atoms with E-state index in [9.17, 15) is 9.18 Å². The van der Waals surface area contributed by atoms with E-state index in [-0.39, 0.29) is 23.7 Å². The highest BCUT2D eigenvalue weighted by molar-refractivity contribution is 5.94. The third kappa shape index (κ3) is 4.53. The third-order valence-corrected chi connectivity index (χ3v) is 2.62. The molecule has 0 aliphatic rings. The van der Waals surface area contributed by atoms with Crippen LogP contribution in [0.2, 0.25) is 0 Å². The van der Waals surface area contributed by atoms with Crippen LogP contribution in [-0.4, -0.2) is 24.2 Å². The molecule has 1 amide bonds. The summed E-state index contributed by atoms with van der Waals surface area (Å²) >= 11 is 0. The van der Waals surface area contributed by atoms with Crippen LogP contribution >= 0.6 is 0 Å². The molecule has 0 heterocycles. The largest absolute Gasteiger partial charge is 0.396 e. The van der Waals surface area contributed by atoms with Crippen LogP contribution in [0.1, 0.15) is 30.6 Å². The molecule has 0 radical (unpaired) electrons. The number of rotatable bonds is 5. The zero-order chi connectivity index (χ0) is 12.9. The van der Waals surface area contributed by atoms with E-state index in [2.05, 4.69) is 5.32 Å². The lowest BCUT2D eigenvalue weighted by Gasteiger charge is -2.23. The van der Waals surface area contributed by atoms with E-state index < -0.39 is 0 Å². The van der Waals surface area contributed by atoms with Crippen molar-refractivity contribution in [1.29, 1.82) is 0 Å². The number of nitrogens with one attached hydrogen (secondary N) is 1. The Balaban J connectivity index is 2.53. The molecule has 17 heavy (non-hydrogen) atoms. The topological polar surface area (TPSA) is 49.3 Å². The Morgan fingerprint density at radius 1 is 1.35 bits per heavy atom. The van der Waals surface area contributed by atoms with Crippen molar-refractivity contribution in [3.05, 3.63) is 35.6 Å². The first-order chi connectivity index (χ1) is 7.94. The second-order valence-electron chi connectivity index (χ2n) is 4.83.